The molecule has 0 fully saturated rings. The van der Waals surface area contributed by atoms with Crippen molar-refractivity contribution < 1.29 is 9.47 Å². The van der Waals surface area contributed by atoms with Gasteiger partial charge in [-0.15, -0.1) is 0 Å². The quantitative estimate of drug-likeness (QED) is 0.587. The minimum atomic E-state index is 0.0608. The van der Waals surface area contributed by atoms with Gasteiger partial charge in [0.15, 0.2) is 0 Å². The maximum atomic E-state index is 5.96. The lowest BCUT2D eigenvalue weighted by Crippen LogP contribution is -2.22. The molecule has 3 nitrogen and oxygen atoms in total. The number of aryl methyl sites for hydroxylation is 1. The minimum absolute atomic E-state index is 0.0608. The Balaban J connectivity index is 1.50. The molecule has 0 aliphatic heterocycles. The number of ether oxygens (including phenoxy) is 2. The van der Waals surface area contributed by atoms with Crippen LogP contribution in [0.5, 0.6) is 11.5 Å². The van der Waals surface area contributed by atoms with Gasteiger partial charge >= 0.3 is 0 Å². The van der Waals surface area contributed by atoms with Crippen molar-refractivity contribution in [3.8, 4) is 11.5 Å². The predicted molar refractivity (Wildman–Crippen MR) is 107 cm³/mol. The van der Waals surface area contributed by atoms with Gasteiger partial charge in [-0.1, -0.05) is 48.5 Å². The van der Waals surface area contributed by atoms with Crippen LogP contribution >= 0.6 is 0 Å². The Kier molecular flexibility index (Phi) is 6.15. The molecule has 3 aromatic carbocycles. The Morgan fingerprint density at radius 2 is 1.62 bits per heavy atom. The second-order valence-corrected chi connectivity index (χ2v) is 6.43. The molecular formula is C23H25NO2. The highest BCUT2D eigenvalue weighted by atomic mass is 16.5. The summed E-state index contributed by atoms with van der Waals surface area (Å²) < 4.78 is 11.8. The summed E-state index contributed by atoms with van der Waals surface area (Å²) in [7, 11) is 0. The van der Waals surface area contributed by atoms with Crippen LogP contribution in [0.2, 0.25) is 0 Å². The monoisotopic (exact) mass is 347 g/mol. The van der Waals surface area contributed by atoms with E-state index in [2.05, 4.69) is 43.4 Å². The maximum absolute atomic E-state index is 5.96. The summed E-state index contributed by atoms with van der Waals surface area (Å²) in [5, 5.41) is 3.41. The van der Waals surface area contributed by atoms with E-state index in [1.165, 1.54) is 5.56 Å². The molecule has 0 saturated heterocycles. The molecule has 0 saturated carbocycles. The fourth-order valence-corrected chi connectivity index (χ4v) is 2.66. The third kappa shape index (κ3) is 5.55. The lowest BCUT2D eigenvalue weighted by Gasteiger charge is -2.17. The van der Waals surface area contributed by atoms with Crippen LogP contribution in [0, 0.1) is 6.92 Å². The number of hydrogen-bond acceptors (Lipinski definition) is 3. The molecule has 3 aromatic rings. The predicted octanol–water partition coefficient (Wildman–Crippen LogP) is 5.45. The van der Waals surface area contributed by atoms with E-state index in [1.54, 1.807) is 0 Å². The smallest absolute Gasteiger partial charge is 0.121 e. The van der Waals surface area contributed by atoms with Crippen molar-refractivity contribution in [2.24, 2.45) is 0 Å². The Morgan fingerprint density at radius 1 is 0.846 bits per heavy atom. The van der Waals surface area contributed by atoms with E-state index in [0.717, 1.165) is 29.3 Å². The molecule has 26 heavy (non-hydrogen) atoms. The van der Waals surface area contributed by atoms with Gasteiger partial charge in [-0.05, 0) is 49.2 Å². The van der Waals surface area contributed by atoms with Crippen LogP contribution in [-0.2, 0) is 6.61 Å². The molecule has 3 heteroatoms. The third-order valence-electron chi connectivity index (χ3n) is 4.00. The van der Waals surface area contributed by atoms with Crippen molar-refractivity contribution in [2.75, 3.05) is 11.9 Å². The van der Waals surface area contributed by atoms with Gasteiger partial charge < -0.3 is 14.8 Å². The first kappa shape index (κ1) is 17.9. The summed E-state index contributed by atoms with van der Waals surface area (Å²) in [5.41, 5.74) is 3.38. The highest BCUT2D eigenvalue weighted by Crippen LogP contribution is 2.19. The van der Waals surface area contributed by atoms with Gasteiger partial charge in [0, 0.05) is 11.8 Å². The van der Waals surface area contributed by atoms with Crippen molar-refractivity contribution in [1.29, 1.82) is 0 Å². The highest BCUT2D eigenvalue weighted by molar-refractivity contribution is 5.48. The molecule has 0 aliphatic rings. The molecule has 0 spiro atoms. The first-order valence-corrected chi connectivity index (χ1v) is 8.93. The minimum Gasteiger partial charge on any atom is -0.489 e. The van der Waals surface area contributed by atoms with E-state index >= 15 is 0 Å². The van der Waals surface area contributed by atoms with Gasteiger partial charge in [0.2, 0.25) is 0 Å². The van der Waals surface area contributed by atoms with E-state index in [4.69, 9.17) is 9.47 Å². The summed E-state index contributed by atoms with van der Waals surface area (Å²) >= 11 is 0. The lowest BCUT2D eigenvalue weighted by atomic mass is 10.2. The zero-order valence-electron chi connectivity index (χ0n) is 15.3. The lowest BCUT2D eigenvalue weighted by molar-refractivity contribution is 0.234. The highest BCUT2D eigenvalue weighted by Gasteiger charge is 2.05. The van der Waals surface area contributed by atoms with Crippen molar-refractivity contribution in [1.82, 2.24) is 0 Å². The van der Waals surface area contributed by atoms with Crippen LogP contribution in [0.15, 0.2) is 78.9 Å². The molecular weight excluding hydrogens is 322 g/mol. The van der Waals surface area contributed by atoms with E-state index in [9.17, 15) is 0 Å². The van der Waals surface area contributed by atoms with E-state index in [1.807, 2.05) is 54.6 Å². The molecule has 0 aromatic heterocycles. The number of anilines is 1. The molecule has 0 radical (unpaired) electrons. The van der Waals surface area contributed by atoms with Gasteiger partial charge in [-0.3, -0.25) is 0 Å². The molecule has 1 atom stereocenters. The summed E-state index contributed by atoms with van der Waals surface area (Å²) in [6, 6.07) is 26.3. The van der Waals surface area contributed by atoms with Crippen LogP contribution < -0.4 is 14.8 Å². The summed E-state index contributed by atoms with van der Waals surface area (Å²) in [6.45, 7) is 5.41. The molecule has 3 rings (SSSR count). The zero-order valence-corrected chi connectivity index (χ0v) is 15.3. The molecule has 0 heterocycles. The second kappa shape index (κ2) is 8.95. The maximum Gasteiger partial charge on any atom is 0.121 e. The Labute approximate surface area is 155 Å². The van der Waals surface area contributed by atoms with Crippen LogP contribution in [0.25, 0.3) is 0 Å². The van der Waals surface area contributed by atoms with Crippen molar-refractivity contribution in [2.45, 2.75) is 26.6 Å². The Morgan fingerprint density at radius 3 is 2.42 bits per heavy atom. The molecule has 0 aliphatic carbocycles. The van der Waals surface area contributed by atoms with Gasteiger partial charge in [0.25, 0.3) is 0 Å². The number of benzene rings is 3. The van der Waals surface area contributed by atoms with Crippen LogP contribution in [0.4, 0.5) is 5.69 Å². The topological polar surface area (TPSA) is 30.5 Å². The van der Waals surface area contributed by atoms with Gasteiger partial charge in [0.05, 0.1) is 6.54 Å². The van der Waals surface area contributed by atoms with Crippen LogP contribution in [0.3, 0.4) is 0 Å². The normalized spacial score (nSPS) is 11.6. The molecule has 0 amide bonds. The standard InChI is InChI=1S/C23H25NO2/c1-18-8-6-13-23(14-18)26-19(2)16-24-21-11-7-12-22(15-21)25-17-20-9-4-3-5-10-20/h3-15,19,24H,16-17H2,1-2H3/t19-/m0/s1. The van der Waals surface area contributed by atoms with Crippen molar-refractivity contribution >= 4 is 5.69 Å². The summed E-state index contributed by atoms with van der Waals surface area (Å²) in [4.78, 5) is 0. The number of hydrogen-bond donors (Lipinski definition) is 1. The first-order valence-electron chi connectivity index (χ1n) is 8.93. The second-order valence-electron chi connectivity index (χ2n) is 6.43. The Hall–Kier alpha value is -2.94. The van der Waals surface area contributed by atoms with Gasteiger partial charge in [-0.2, -0.15) is 0 Å². The van der Waals surface area contributed by atoms with Crippen molar-refractivity contribution in [3.63, 3.8) is 0 Å². The zero-order chi connectivity index (χ0) is 18.2. The molecule has 0 bridgehead atoms. The van der Waals surface area contributed by atoms with Gasteiger partial charge in [0.1, 0.15) is 24.2 Å². The van der Waals surface area contributed by atoms with E-state index in [0.29, 0.717) is 6.61 Å². The Bertz CT molecular complexity index is 817. The molecule has 0 unspecified atom stereocenters. The fraction of sp³-hybridized carbons (Fsp3) is 0.217. The SMILES string of the molecule is Cc1cccc(O[C@@H](C)CNc2cccc(OCc3ccccc3)c2)c1. The summed E-state index contributed by atoms with van der Waals surface area (Å²) in [6.07, 6.45) is 0.0608. The average Bonchev–Trinajstić information content (AvgIpc) is 2.66. The van der Waals surface area contributed by atoms with Crippen LogP contribution in [0.1, 0.15) is 18.1 Å². The fourth-order valence-electron chi connectivity index (χ4n) is 2.66. The molecule has 1 N–H and O–H groups in total. The van der Waals surface area contributed by atoms with Gasteiger partial charge in [-0.25, -0.2) is 0 Å². The van der Waals surface area contributed by atoms with Crippen molar-refractivity contribution in [3.05, 3.63) is 90.0 Å². The largest absolute Gasteiger partial charge is 0.489 e. The third-order valence-corrected chi connectivity index (χ3v) is 4.00. The van der Waals surface area contributed by atoms with E-state index in [-0.39, 0.29) is 6.10 Å². The number of rotatable bonds is 8. The molecule has 134 valence electrons. The number of nitrogens with one attached hydrogen (secondary N) is 1. The summed E-state index contributed by atoms with van der Waals surface area (Å²) in [5.74, 6) is 1.75. The average molecular weight is 347 g/mol. The first-order chi connectivity index (χ1) is 12.7. The van der Waals surface area contributed by atoms with E-state index < -0.39 is 0 Å². The van der Waals surface area contributed by atoms with Crippen LogP contribution in [-0.4, -0.2) is 12.6 Å².